The normalized spacial score (nSPS) is 13.5. The first-order chi connectivity index (χ1) is 14.7. The van der Waals surface area contributed by atoms with Crippen LogP contribution in [-0.4, -0.2) is 27.6 Å². The van der Waals surface area contributed by atoms with Crippen molar-refractivity contribution in [2.24, 2.45) is 0 Å². The van der Waals surface area contributed by atoms with E-state index in [4.69, 9.17) is 9.72 Å². The maximum atomic E-state index is 12.6. The summed E-state index contributed by atoms with van der Waals surface area (Å²) in [6.07, 6.45) is 4.18. The first kappa shape index (κ1) is 18.6. The van der Waals surface area contributed by atoms with Gasteiger partial charge in [0.15, 0.2) is 5.65 Å². The van der Waals surface area contributed by atoms with E-state index in [1.165, 1.54) is 20.0 Å². The first-order valence-corrected chi connectivity index (χ1v) is 10.2. The van der Waals surface area contributed by atoms with Crippen molar-refractivity contribution in [3.8, 4) is 11.1 Å². The Morgan fingerprint density at radius 1 is 1.13 bits per heavy atom. The van der Waals surface area contributed by atoms with E-state index in [1.54, 1.807) is 0 Å². The number of aryl methyl sites for hydroxylation is 1. The van der Waals surface area contributed by atoms with Gasteiger partial charge in [0, 0.05) is 12.1 Å². The second kappa shape index (κ2) is 7.41. The van der Waals surface area contributed by atoms with Crippen LogP contribution >= 0.6 is 0 Å². The van der Waals surface area contributed by atoms with Crippen LogP contribution in [0, 0.1) is 6.92 Å². The number of carbonyl (C=O) groups excluding carboxylic acids is 1. The van der Waals surface area contributed by atoms with E-state index >= 15 is 0 Å². The average Bonchev–Trinajstić information content (AvgIpc) is 3.56. The monoisotopic (exact) mass is 397 g/mol. The number of imidazole rings is 1. The number of pyridine rings is 1. The van der Waals surface area contributed by atoms with Crippen LogP contribution in [0.3, 0.4) is 0 Å². The van der Waals surface area contributed by atoms with Gasteiger partial charge in [0.2, 0.25) is 0 Å². The molecule has 1 saturated carbocycles. The van der Waals surface area contributed by atoms with Gasteiger partial charge in [0.05, 0.1) is 19.2 Å². The van der Waals surface area contributed by atoms with Gasteiger partial charge in [-0.05, 0) is 54.2 Å². The largest absolute Gasteiger partial charge is 0.465 e. The van der Waals surface area contributed by atoms with Crippen LogP contribution in [-0.2, 0) is 11.3 Å². The molecule has 5 heteroatoms. The molecule has 4 aromatic rings. The summed E-state index contributed by atoms with van der Waals surface area (Å²) in [6.45, 7) is 2.69. The van der Waals surface area contributed by atoms with Gasteiger partial charge in [-0.1, -0.05) is 42.5 Å². The lowest BCUT2D eigenvalue weighted by Crippen LogP contribution is -2.08. The number of carbonyl (C=O) groups is 1. The topological polar surface area (TPSA) is 57.0 Å². The molecule has 5 rings (SSSR count). The van der Waals surface area contributed by atoms with Crippen LogP contribution < -0.4 is 0 Å². The second-order valence-electron chi connectivity index (χ2n) is 7.87. The molecule has 0 saturated heterocycles. The molecule has 1 aliphatic rings. The van der Waals surface area contributed by atoms with E-state index in [1.807, 2.05) is 54.7 Å². The molecule has 5 nitrogen and oxygen atoms in total. The Balaban J connectivity index is 1.60. The summed E-state index contributed by atoms with van der Waals surface area (Å²) in [6, 6.07) is 17.9. The third-order valence-electron chi connectivity index (χ3n) is 5.72. The quantitative estimate of drug-likeness (QED) is 0.439. The summed E-state index contributed by atoms with van der Waals surface area (Å²) in [5.74, 6) is 1.27. The smallest absolute Gasteiger partial charge is 0.338 e. The second-order valence-corrected chi connectivity index (χ2v) is 7.87. The highest BCUT2D eigenvalue weighted by Gasteiger charge is 2.30. The summed E-state index contributed by atoms with van der Waals surface area (Å²) in [5.41, 5.74) is 6.47. The maximum absolute atomic E-state index is 12.6. The molecular formula is C25H23N3O2. The molecular weight excluding hydrogens is 374 g/mol. The third kappa shape index (κ3) is 3.26. The molecule has 30 heavy (non-hydrogen) atoms. The fraction of sp³-hybridized carbons (Fsp3) is 0.240. The van der Waals surface area contributed by atoms with Gasteiger partial charge in [-0.2, -0.15) is 0 Å². The standard InChI is InChI=1S/C25H23N3O2/c1-16-12-13-26-24-22(16)27-23(19-9-10-19)28(24)15-17-8-11-20(18-6-4-3-5-7-18)21(14-17)25(29)30-2/h3-8,11-14,19H,9-10,15H2,1-2H3. The minimum atomic E-state index is -0.331. The Kier molecular flexibility index (Phi) is 4.58. The predicted molar refractivity (Wildman–Crippen MR) is 117 cm³/mol. The van der Waals surface area contributed by atoms with Crippen molar-refractivity contribution < 1.29 is 9.53 Å². The minimum Gasteiger partial charge on any atom is -0.465 e. The molecule has 2 heterocycles. The molecule has 150 valence electrons. The van der Waals surface area contributed by atoms with E-state index in [2.05, 4.69) is 22.5 Å². The van der Waals surface area contributed by atoms with Crippen LogP contribution in [0.15, 0.2) is 60.8 Å². The fourth-order valence-corrected chi connectivity index (χ4v) is 3.98. The molecule has 1 aliphatic carbocycles. The summed E-state index contributed by atoms with van der Waals surface area (Å²) in [5, 5.41) is 0. The zero-order valence-corrected chi connectivity index (χ0v) is 17.1. The van der Waals surface area contributed by atoms with Gasteiger partial charge >= 0.3 is 5.97 Å². The highest BCUT2D eigenvalue weighted by Crippen LogP contribution is 2.41. The SMILES string of the molecule is COC(=O)c1cc(Cn2c(C3CC3)nc3c(C)ccnc32)ccc1-c1ccccc1. The van der Waals surface area contributed by atoms with Crippen LogP contribution in [0.25, 0.3) is 22.3 Å². The summed E-state index contributed by atoms with van der Waals surface area (Å²) in [7, 11) is 1.42. The number of nitrogens with zero attached hydrogens (tertiary/aromatic N) is 3. The van der Waals surface area contributed by atoms with E-state index in [0.717, 1.165) is 39.2 Å². The number of esters is 1. The first-order valence-electron chi connectivity index (χ1n) is 10.2. The van der Waals surface area contributed by atoms with Crippen LogP contribution in [0.4, 0.5) is 0 Å². The molecule has 0 amide bonds. The van der Waals surface area contributed by atoms with E-state index in [0.29, 0.717) is 18.0 Å². The molecule has 2 aromatic carbocycles. The Labute approximate surface area is 175 Å². The van der Waals surface area contributed by atoms with Crippen LogP contribution in [0.1, 0.15) is 46.1 Å². The molecule has 0 spiro atoms. The number of hydrogen-bond donors (Lipinski definition) is 0. The highest BCUT2D eigenvalue weighted by molar-refractivity contribution is 5.97. The van der Waals surface area contributed by atoms with Crippen molar-refractivity contribution in [2.45, 2.75) is 32.2 Å². The van der Waals surface area contributed by atoms with Crippen molar-refractivity contribution in [1.29, 1.82) is 0 Å². The number of fused-ring (bicyclic) bond motifs is 1. The van der Waals surface area contributed by atoms with Gasteiger partial charge in [-0.3, -0.25) is 0 Å². The van der Waals surface area contributed by atoms with Crippen molar-refractivity contribution in [3.05, 3.63) is 83.3 Å². The van der Waals surface area contributed by atoms with Crippen LogP contribution in [0.2, 0.25) is 0 Å². The lowest BCUT2D eigenvalue weighted by molar-refractivity contribution is 0.0601. The summed E-state index contributed by atoms with van der Waals surface area (Å²) < 4.78 is 7.28. The average molecular weight is 397 g/mol. The number of benzene rings is 2. The van der Waals surface area contributed by atoms with Crippen molar-refractivity contribution in [2.75, 3.05) is 7.11 Å². The zero-order valence-electron chi connectivity index (χ0n) is 17.1. The Bertz CT molecular complexity index is 1240. The van der Waals surface area contributed by atoms with Gasteiger partial charge < -0.3 is 9.30 Å². The predicted octanol–water partition coefficient (Wildman–Crippen LogP) is 5.12. The Morgan fingerprint density at radius 2 is 1.93 bits per heavy atom. The van der Waals surface area contributed by atoms with Crippen molar-refractivity contribution >= 4 is 17.1 Å². The molecule has 1 fully saturated rings. The number of methoxy groups -OCH3 is 1. The summed E-state index contributed by atoms with van der Waals surface area (Å²) in [4.78, 5) is 22.1. The lowest BCUT2D eigenvalue weighted by atomic mass is 9.97. The van der Waals surface area contributed by atoms with Crippen molar-refractivity contribution in [1.82, 2.24) is 14.5 Å². The Morgan fingerprint density at radius 3 is 2.67 bits per heavy atom. The van der Waals surface area contributed by atoms with Gasteiger partial charge in [-0.15, -0.1) is 0 Å². The van der Waals surface area contributed by atoms with E-state index in [-0.39, 0.29) is 5.97 Å². The maximum Gasteiger partial charge on any atom is 0.338 e. The number of aromatic nitrogens is 3. The van der Waals surface area contributed by atoms with Gasteiger partial charge in [-0.25, -0.2) is 14.8 Å². The van der Waals surface area contributed by atoms with Gasteiger partial charge in [0.25, 0.3) is 0 Å². The molecule has 0 N–H and O–H groups in total. The molecule has 0 atom stereocenters. The van der Waals surface area contributed by atoms with E-state index in [9.17, 15) is 4.79 Å². The fourth-order valence-electron chi connectivity index (χ4n) is 3.98. The van der Waals surface area contributed by atoms with Crippen molar-refractivity contribution in [3.63, 3.8) is 0 Å². The molecule has 0 aliphatic heterocycles. The molecule has 0 unspecified atom stereocenters. The zero-order chi connectivity index (χ0) is 20.7. The number of ether oxygens (including phenoxy) is 1. The summed E-state index contributed by atoms with van der Waals surface area (Å²) >= 11 is 0. The molecule has 0 bridgehead atoms. The Hall–Kier alpha value is -3.47. The van der Waals surface area contributed by atoms with Gasteiger partial charge in [0.1, 0.15) is 11.3 Å². The highest BCUT2D eigenvalue weighted by atomic mass is 16.5. The third-order valence-corrected chi connectivity index (χ3v) is 5.72. The van der Waals surface area contributed by atoms with E-state index < -0.39 is 0 Å². The number of hydrogen-bond acceptors (Lipinski definition) is 4. The molecule has 2 aromatic heterocycles. The number of rotatable bonds is 5. The molecule has 0 radical (unpaired) electrons. The lowest BCUT2D eigenvalue weighted by Gasteiger charge is -2.13. The van der Waals surface area contributed by atoms with Crippen LogP contribution in [0.5, 0.6) is 0 Å². The minimum absolute atomic E-state index is 0.331.